The molecule has 0 unspecified atom stereocenters. The lowest BCUT2D eigenvalue weighted by Gasteiger charge is -2.18. The van der Waals surface area contributed by atoms with Crippen molar-refractivity contribution >= 4 is 27.9 Å². The maximum atomic E-state index is 4.74. The Hall–Kier alpha value is -1.79. The molecule has 0 aliphatic rings. The van der Waals surface area contributed by atoms with E-state index in [0.29, 0.717) is 0 Å². The van der Waals surface area contributed by atoms with E-state index in [1.165, 1.54) is 0 Å². The molecule has 0 aliphatic heterocycles. The van der Waals surface area contributed by atoms with Crippen molar-refractivity contribution in [2.45, 2.75) is 13.8 Å². The molecule has 0 aromatic heterocycles. The first-order chi connectivity index (χ1) is 9.38. The third-order valence-electron chi connectivity index (χ3n) is 3.21. The molecule has 0 atom stereocenters. The average molecular weight is 301 g/mol. The maximum absolute atomic E-state index is 4.74. The highest BCUT2D eigenvalue weighted by Gasteiger charge is 2.24. The first-order valence-corrected chi connectivity index (χ1v) is 10.7. The van der Waals surface area contributed by atoms with E-state index >= 15 is 0 Å². The quantitative estimate of drug-likeness (QED) is 0.451. The van der Waals surface area contributed by atoms with Crippen molar-refractivity contribution in [1.82, 2.24) is 0 Å². The smallest absolute Gasteiger partial charge is 0.250 e. The van der Waals surface area contributed by atoms with E-state index in [9.17, 15) is 0 Å². The molecule has 2 nitrogen and oxygen atoms in total. The lowest BCUT2D eigenvalue weighted by atomic mass is 10.3. The SMILES string of the molecule is C=C[Si](C=C)(C=C)N=C(C)C(C)=N[Si](C=C)(C=C)C=C. The molecule has 0 radical (unpaired) electrons. The van der Waals surface area contributed by atoms with Gasteiger partial charge < -0.3 is 9.32 Å². The first kappa shape index (κ1) is 18.2. The van der Waals surface area contributed by atoms with E-state index < -0.39 is 16.5 Å². The number of nitrogens with zero attached hydrogens (tertiary/aromatic N) is 2. The molecule has 106 valence electrons. The van der Waals surface area contributed by atoms with Gasteiger partial charge in [0.1, 0.15) is 0 Å². The van der Waals surface area contributed by atoms with Crippen molar-refractivity contribution in [3.63, 3.8) is 0 Å². The third-order valence-corrected chi connectivity index (χ3v) is 8.58. The fourth-order valence-corrected chi connectivity index (χ4v) is 4.55. The fourth-order valence-electron chi connectivity index (χ4n) is 1.52. The molecule has 4 heteroatoms. The highest BCUT2D eigenvalue weighted by atomic mass is 28.3. The molecular formula is C16H24N2Si2. The summed E-state index contributed by atoms with van der Waals surface area (Å²) in [4.78, 5) is 0. The number of hydrogen-bond donors (Lipinski definition) is 0. The molecule has 0 heterocycles. The average Bonchev–Trinajstić information content (AvgIpc) is 2.50. The van der Waals surface area contributed by atoms with Crippen LogP contribution in [-0.4, -0.2) is 27.9 Å². The molecule has 0 aromatic carbocycles. The van der Waals surface area contributed by atoms with Gasteiger partial charge in [-0.15, -0.1) is 39.5 Å². The Labute approximate surface area is 125 Å². The topological polar surface area (TPSA) is 24.7 Å². The van der Waals surface area contributed by atoms with Gasteiger partial charge in [-0.25, -0.2) is 0 Å². The third kappa shape index (κ3) is 4.11. The van der Waals surface area contributed by atoms with Crippen LogP contribution < -0.4 is 0 Å². The van der Waals surface area contributed by atoms with E-state index in [1.807, 2.05) is 48.0 Å². The summed E-state index contributed by atoms with van der Waals surface area (Å²) in [6.45, 7) is 26.9. The number of rotatable bonds is 9. The zero-order chi connectivity index (χ0) is 15.8. The van der Waals surface area contributed by atoms with Crippen LogP contribution in [0.2, 0.25) is 0 Å². The summed E-state index contributed by atoms with van der Waals surface area (Å²) in [5.41, 5.74) is 12.7. The maximum Gasteiger partial charge on any atom is 0.250 e. The van der Waals surface area contributed by atoms with Crippen LogP contribution in [0.15, 0.2) is 83.0 Å². The molecule has 0 spiro atoms. The standard InChI is InChI=1S/C16H24N2Si2/c1-9-19(10-2,11-3)17-15(7)16(8)18-20(12-4,13-5)14-6/h9-14H,1-6H2,7-8H3. The van der Waals surface area contributed by atoms with Gasteiger partial charge >= 0.3 is 0 Å². The summed E-state index contributed by atoms with van der Waals surface area (Å²) >= 11 is 0. The second-order valence-electron chi connectivity index (χ2n) is 4.39. The van der Waals surface area contributed by atoms with Crippen LogP contribution in [0.1, 0.15) is 13.8 Å². The molecule has 0 saturated carbocycles. The summed E-state index contributed by atoms with van der Waals surface area (Å²) in [5, 5.41) is 0. The molecule has 0 aliphatic carbocycles. The highest BCUT2D eigenvalue weighted by molar-refractivity contribution is 6.94. The highest BCUT2D eigenvalue weighted by Crippen LogP contribution is 2.13. The van der Waals surface area contributed by atoms with Gasteiger partial charge in [0.15, 0.2) is 0 Å². The van der Waals surface area contributed by atoms with Crippen LogP contribution >= 0.6 is 0 Å². The minimum Gasteiger partial charge on any atom is -0.309 e. The Morgan fingerprint density at radius 1 is 0.600 bits per heavy atom. The molecule has 0 N–H and O–H groups in total. The molecule has 0 fully saturated rings. The second kappa shape index (κ2) is 7.72. The minimum atomic E-state index is -2.21. The Morgan fingerprint density at radius 2 is 0.800 bits per heavy atom. The Balaban J connectivity index is 5.76. The lowest BCUT2D eigenvalue weighted by Crippen LogP contribution is -2.30. The van der Waals surface area contributed by atoms with Gasteiger partial charge in [-0.1, -0.05) is 34.2 Å². The van der Waals surface area contributed by atoms with Crippen molar-refractivity contribution in [3.05, 3.63) is 73.7 Å². The molecule has 0 bridgehead atoms. The largest absolute Gasteiger partial charge is 0.309 e. The van der Waals surface area contributed by atoms with Crippen LogP contribution in [-0.2, 0) is 0 Å². The van der Waals surface area contributed by atoms with Crippen molar-refractivity contribution in [2.24, 2.45) is 9.32 Å². The van der Waals surface area contributed by atoms with Crippen LogP contribution in [0.25, 0.3) is 0 Å². The van der Waals surface area contributed by atoms with Crippen LogP contribution in [0.4, 0.5) is 0 Å². The van der Waals surface area contributed by atoms with Crippen molar-refractivity contribution < 1.29 is 0 Å². The second-order valence-corrected chi connectivity index (χ2v) is 10.8. The minimum absolute atomic E-state index is 0.860. The summed E-state index contributed by atoms with van der Waals surface area (Å²) in [6.07, 6.45) is 0. The molecule has 0 saturated heterocycles. The van der Waals surface area contributed by atoms with Crippen molar-refractivity contribution in [1.29, 1.82) is 0 Å². The van der Waals surface area contributed by atoms with Gasteiger partial charge in [0, 0.05) is 11.4 Å². The van der Waals surface area contributed by atoms with Crippen molar-refractivity contribution in [2.75, 3.05) is 0 Å². The predicted octanol–water partition coefficient (Wildman–Crippen LogP) is 4.15. The monoisotopic (exact) mass is 300 g/mol. The molecular weight excluding hydrogens is 276 g/mol. The predicted molar refractivity (Wildman–Crippen MR) is 98.9 cm³/mol. The summed E-state index contributed by atoms with van der Waals surface area (Å²) < 4.78 is 9.48. The zero-order valence-electron chi connectivity index (χ0n) is 12.6. The molecule has 0 aromatic rings. The van der Waals surface area contributed by atoms with E-state index in [-0.39, 0.29) is 0 Å². The van der Waals surface area contributed by atoms with Gasteiger partial charge in [0.2, 0.25) is 0 Å². The normalized spacial score (nSPS) is 13.3. The lowest BCUT2D eigenvalue weighted by molar-refractivity contribution is 1.61. The van der Waals surface area contributed by atoms with Crippen molar-refractivity contribution in [3.8, 4) is 0 Å². The summed E-state index contributed by atoms with van der Waals surface area (Å²) in [7, 11) is -4.42. The Kier molecular flexibility index (Phi) is 7.03. The zero-order valence-corrected chi connectivity index (χ0v) is 14.6. The Bertz CT molecular complexity index is 409. The van der Waals surface area contributed by atoms with Crippen LogP contribution in [0.5, 0.6) is 0 Å². The summed E-state index contributed by atoms with van der Waals surface area (Å²) in [6, 6.07) is 0. The van der Waals surface area contributed by atoms with Gasteiger partial charge in [-0.3, -0.25) is 0 Å². The van der Waals surface area contributed by atoms with Crippen LogP contribution in [0, 0.1) is 0 Å². The fraction of sp³-hybridized carbons (Fsp3) is 0.125. The number of hydrogen-bond acceptors (Lipinski definition) is 2. The first-order valence-electron chi connectivity index (χ1n) is 6.33. The summed E-state index contributed by atoms with van der Waals surface area (Å²) in [5.74, 6) is 0. The van der Waals surface area contributed by atoms with Crippen LogP contribution in [0.3, 0.4) is 0 Å². The Morgan fingerprint density at radius 3 is 0.950 bits per heavy atom. The molecule has 20 heavy (non-hydrogen) atoms. The van der Waals surface area contributed by atoms with Gasteiger partial charge in [0.25, 0.3) is 16.5 Å². The van der Waals surface area contributed by atoms with E-state index in [2.05, 4.69) is 39.5 Å². The molecule has 0 amide bonds. The van der Waals surface area contributed by atoms with Gasteiger partial charge in [0.05, 0.1) is 0 Å². The van der Waals surface area contributed by atoms with Gasteiger partial charge in [-0.2, -0.15) is 0 Å². The van der Waals surface area contributed by atoms with E-state index in [4.69, 9.17) is 9.32 Å². The molecule has 0 rings (SSSR count). The van der Waals surface area contributed by atoms with E-state index in [0.717, 1.165) is 11.4 Å². The van der Waals surface area contributed by atoms with E-state index in [1.54, 1.807) is 0 Å². The van der Waals surface area contributed by atoms with Gasteiger partial charge in [-0.05, 0) is 13.8 Å².